The van der Waals surface area contributed by atoms with Crippen molar-refractivity contribution in [2.45, 2.75) is 69.2 Å². The molecule has 50 heavy (non-hydrogen) atoms. The van der Waals surface area contributed by atoms with E-state index in [-0.39, 0.29) is 26.4 Å². The first kappa shape index (κ1) is 40.8. The van der Waals surface area contributed by atoms with Gasteiger partial charge in [0.25, 0.3) is 0 Å². The number of carbonyl (C=O) groups excluding carboxylic acids is 2. The largest absolute Gasteiger partial charge is 0.294 e. The lowest BCUT2D eigenvalue weighted by Gasteiger charge is -2.03. The molecule has 0 aliphatic carbocycles. The fourth-order valence-corrected chi connectivity index (χ4v) is 4.96. The molecular formula is C48H54O2. The highest BCUT2D eigenvalue weighted by Crippen LogP contribution is 2.13. The molecule has 0 aromatic heterocycles. The number of rotatable bonds is 7. The zero-order valence-electron chi connectivity index (χ0n) is 29.1. The second-order valence-electron chi connectivity index (χ2n) is 12.7. The molecule has 0 heterocycles. The second kappa shape index (κ2) is 20.2. The quantitative estimate of drug-likeness (QED) is 0.159. The summed E-state index contributed by atoms with van der Waals surface area (Å²) < 4.78 is 0. The van der Waals surface area contributed by atoms with Crippen molar-refractivity contribution in [3.8, 4) is 0 Å². The highest BCUT2D eigenvalue weighted by molar-refractivity contribution is 6.09. The van der Waals surface area contributed by atoms with Crippen LogP contribution in [0.25, 0.3) is 0 Å². The van der Waals surface area contributed by atoms with Gasteiger partial charge in [0.2, 0.25) is 0 Å². The fraction of sp³-hybridized carbons (Fsp3) is 0.208. The first-order valence-corrected chi connectivity index (χ1v) is 16.5. The van der Waals surface area contributed by atoms with Gasteiger partial charge in [0, 0.05) is 23.1 Å². The van der Waals surface area contributed by atoms with Crippen LogP contribution in [0.1, 0.15) is 91.2 Å². The lowest BCUT2D eigenvalue weighted by Crippen LogP contribution is -2.03. The maximum atomic E-state index is 12.1. The van der Waals surface area contributed by atoms with E-state index >= 15 is 0 Å². The molecule has 0 radical (unpaired) electrons. The third kappa shape index (κ3) is 13.3. The van der Waals surface area contributed by atoms with Crippen LogP contribution in [-0.2, 0) is 12.8 Å². The Balaban J connectivity index is 0.000000255. The van der Waals surface area contributed by atoms with Crippen molar-refractivity contribution in [3.05, 3.63) is 212 Å². The topological polar surface area (TPSA) is 34.1 Å². The molecule has 6 aromatic carbocycles. The zero-order chi connectivity index (χ0) is 34.5. The van der Waals surface area contributed by atoms with Gasteiger partial charge < -0.3 is 0 Å². The molecule has 0 unspecified atom stereocenters. The van der Waals surface area contributed by atoms with E-state index in [0.717, 1.165) is 28.7 Å². The molecule has 0 saturated carbocycles. The normalized spacial score (nSPS) is 9.80. The van der Waals surface area contributed by atoms with Crippen LogP contribution >= 0.6 is 0 Å². The Kier molecular flexibility index (Phi) is 16.5. The maximum Gasteiger partial charge on any atom is 0.193 e. The van der Waals surface area contributed by atoms with Gasteiger partial charge in [-0.3, -0.25) is 9.59 Å². The summed E-state index contributed by atoms with van der Waals surface area (Å²) in [6.45, 7) is 12.3. The summed E-state index contributed by atoms with van der Waals surface area (Å²) in [5.74, 6) is 0.258. The Bertz CT molecular complexity index is 1790. The minimum Gasteiger partial charge on any atom is -0.294 e. The van der Waals surface area contributed by atoms with E-state index in [1.165, 1.54) is 44.5 Å². The first-order chi connectivity index (χ1) is 23.0. The number of ketones is 2. The van der Waals surface area contributed by atoms with Crippen molar-refractivity contribution in [2.24, 2.45) is 0 Å². The molecular weight excluding hydrogens is 609 g/mol. The average Bonchev–Trinajstić information content (AvgIpc) is 3.09. The summed E-state index contributed by atoms with van der Waals surface area (Å²) in [6, 6.07) is 48.7. The van der Waals surface area contributed by atoms with Gasteiger partial charge in [-0.2, -0.15) is 0 Å². The van der Waals surface area contributed by atoms with E-state index in [9.17, 15) is 9.59 Å². The average molecular weight is 663 g/mol. The van der Waals surface area contributed by atoms with E-state index in [1.807, 2.05) is 125 Å². The molecule has 0 aliphatic heterocycles. The van der Waals surface area contributed by atoms with Crippen molar-refractivity contribution in [2.75, 3.05) is 0 Å². The van der Waals surface area contributed by atoms with Gasteiger partial charge in [0.1, 0.15) is 0 Å². The number of benzene rings is 6. The van der Waals surface area contributed by atoms with Crippen LogP contribution in [-0.4, -0.2) is 11.6 Å². The van der Waals surface area contributed by atoms with Crippen molar-refractivity contribution < 1.29 is 9.59 Å². The van der Waals surface area contributed by atoms with Crippen LogP contribution in [0.5, 0.6) is 0 Å². The number of hydrogen-bond donors (Lipinski definition) is 0. The van der Waals surface area contributed by atoms with E-state index in [1.54, 1.807) is 0 Å². The van der Waals surface area contributed by atoms with Crippen LogP contribution in [0.15, 0.2) is 146 Å². The smallest absolute Gasteiger partial charge is 0.193 e. The van der Waals surface area contributed by atoms with Crippen LogP contribution in [0.3, 0.4) is 0 Å². The van der Waals surface area contributed by atoms with Gasteiger partial charge in [0.15, 0.2) is 11.6 Å². The maximum absolute atomic E-state index is 12.1. The number of aryl methyl sites for hydroxylation is 6. The van der Waals surface area contributed by atoms with Crippen LogP contribution in [0, 0.1) is 41.5 Å². The molecule has 0 amide bonds. The van der Waals surface area contributed by atoms with Gasteiger partial charge in [0.05, 0.1) is 0 Å². The van der Waals surface area contributed by atoms with Crippen LogP contribution in [0.2, 0.25) is 0 Å². The molecule has 0 fully saturated rings. The summed E-state index contributed by atoms with van der Waals surface area (Å²) in [4.78, 5) is 24.1. The lowest BCUT2D eigenvalue weighted by atomic mass is 10.0. The highest BCUT2D eigenvalue weighted by atomic mass is 16.1. The van der Waals surface area contributed by atoms with Crippen molar-refractivity contribution in [1.82, 2.24) is 0 Å². The van der Waals surface area contributed by atoms with Gasteiger partial charge in [-0.05, 0) is 64.7 Å². The van der Waals surface area contributed by atoms with Crippen molar-refractivity contribution in [1.29, 1.82) is 0 Å². The summed E-state index contributed by atoms with van der Waals surface area (Å²) >= 11 is 0. The van der Waals surface area contributed by atoms with Gasteiger partial charge in [-0.1, -0.05) is 194 Å². The zero-order valence-corrected chi connectivity index (χ0v) is 29.1. The SMILES string of the molecule is C.C.Cc1ccc(C(=O)c2ccc(C)cc2)cc1.Cc1ccc(CC(=O)c2ccc(C)cc2)cc1.Cc1ccc(Cc2ccc(C)cc2)cc1. The molecule has 2 nitrogen and oxygen atoms in total. The van der Waals surface area contributed by atoms with E-state index in [0.29, 0.717) is 6.42 Å². The predicted molar refractivity (Wildman–Crippen MR) is 215 cm³/mol. The summed E-state index contributed by atoms with van der Waals surface area (Å²) in [6.07, 6.45) is 1.50. The Morgan fingerprint density at radius 3 is 0.880 bits per heavy atom. The van der Waals surface area contributed by atoms with Gasteiger partial charge in [-0.15, -0.1) is 0 Å². The number of Topliss-reactive ketones (excluding diaryl/α,β-unsaturated/α-hetero) is 1. The molecule has 6 rings (SSSR count). The summed E-state index contributed by atoms with van der Waals surface area (Å²) in [7, 11) is 0. The molecule has 258 valence electrons. The number of carbonyl (C=O) groups is 2. The minimum absolute atomic E-state index is 0. The van der Waals surface area contributed by atoms with Crippen molar-refractivity contribution in [3.63, 3.8) is 0 Å². The summed E-state index contributed by atoms with van der Waals surface area (Å²) in [5.41, 5.74) is 13.5. The molecule has 0 saturated heterocycles. The Morgan fingerprint density at radius 2 is 0.580 bits per heavy atom. The minimum atomic E-state index is 0. The lowest BCUT2D eigenvalue weighted by molar-refractivity contribution is 0.0991. The summed E-state index contributed by atoms with van der Waals surface area (Å²) in [5, 5.41) is 0. The molecule has 2 heteroatoms. The Labute approximate surface area is 301 Å². The molecule has 6 aromatic rings. The molecule has 0 bridgehead atoms. The van der Waals surface area contributed by atoms with E-state index in [4.69, 9.17) is 0 Å². The molecule has 0 N–H and O–H groups in total. The molecule has 0 aliphatic rings. The first-order valence-electron chi connectivity index (χ1n) is 16.5. The number of hydrogen-bond acceptors (Lipinski definition) is 2. The Hall–Kier alpha value is -5.34. The standard InChI is InChI=1S/C16H16O.C15H14O.C15H16.2CH4/c1-12-3-7-14(8-4-12)11-16(17)15-9-5-13(2)6-10-15;1-11-3-7-13(8-4-11)15(16)14-9-5-12(2)6-10-14;1-12-3-7-14(8-4-12)11-15-9-5-13(2)6-10-15;;/h3-10H,11H2,1-2H3;3-10H,1-2H3;3-10H,11H2,1-2H3;2*1H4. The van der Waals surface area contributed by atoms with Crippen LogP contribution in [0.4, 0.5) is 0 Å². The third-order valence-corrected chi connectivity index (χ3v) is 8.14. The van der Waals surface area contributed by atoms with E-state index < -0.39 is 0 Å². The monoisotopic (exact) mass is 662 g/mol. The van der Waals surface area contributed by atoms with Crippen molar-refractivity contribution >= 4 is 11.6 Å². The van der Waals surface area contributed by atoms with Gasteiger partial charge >= 0.3 is 0 Å². The Morgan fingerprint density at radius 1 is 0.340 bits per heavy atom. The predicted octanol–water partition coefficient (Wildman–Crippen LogP) is 12.4. The van der Waals surface area contributed by atoms with E-state index in [2.05, 4.69) is 62.4 Å². The third-order valence-electron chi connectivity index (χ3n) is 8.14. The fourth-order valence-electron chi connectivity index (χ4n) is 4.96. The second-order valence-corrected chi connectivity index (χ2v) is 12.7. The van der Waals surface area contributed by atoms with Crippen LogP contribution < -0.4 is 0 Å². The van der Waals surface area contributed by atoms with Gasteiger partial charge in [-0.25, -0.2) is 0 Å². The highest BCUT2D eigenvalue weighted by Gasteiger charge is 2.08. The molecule has 0 atom stereocenters. The molecule has 0 spiro atoms.